The molecule has 0 aliphatic carbocycles. The molecule has 0 amide bonds. The maximum Gasteiger partial charge on any atom is 0.238 e. The molecule has 0 atom stereocenters. The van der Waals surface area contributed by atoms with Crippen molar-refractivity contribution in [1.29, 1.82) is 0 Å². The van der Waals surface area contributed by atoms with E-state index in [0.717, 1.165) is 22.2 Å². The molecule has 0 saturated heterocycles. The Balaban J connectivity index is 1.42. The van der Waals surface area contributed by atoms with Crippen LogP contribution < -0.4 is 0 Å². The van der Waals surface area contributed by atoms with Gasteiger partial charge in [-0.15, -0.1) is 11.3 Å². The molecule has 0 aliphatic heterocycles. The summed E-state index contributed by atoms with van der Waals surface area (Å²) < 4.78 is 4.84. The molecule has 9 rings (SSSR count). The third-order valence-corrected chi connectivity index (χ3v) is 9.28. The van der Waals surface area contributed by atoms with Gasteiger partial charge < -0.3 is 0 Å². The third-order valence-electron chi connectivity index (χ3n) is 8.06. The quantitative estimate of drug-likeness (QED) is 0.218. The van der Waals surface area contributed by atoms with E-state index >= 15 is 0 Å². The van der Waals surface area contributed by atoms with Crippen molar-refractivity contribution in [3.8, 4) is 28.7 Å². The van der Waals surface area contributed by atoms with E-state index < -0.39 is 0 Å². The van der Waals surface area contributed by atoms with Crippen LogP contribution in [0.1, 0.15) is 0 Å². The fraction of sp³-hybridized carbons (Fsp3) is 0. The summed E-state index contributed by atoms with van der Waals surface area (Å²) >= 11 is 1.86. The number of hydrogen-bond acceptors (Lipinski definition) is 4. The zero-order valence-corrected chi connectivity index (χ0v) is 23.2. The fourth-order valence-corrected chi connectivity index (χ4v) is 7.38. The number of aromatic nitrogens is 4. The molecule has 0 N–H and O–H groups in total. The van der Waals surface area contributed by atoms with Gasteiger partial charge in [-0.2, -0.15) is 9.97 Å². The zero-order chi connectivity index (χ0) is 27.6. The van der Waals surface area contributed by atoms with Gasteiger partial charge in [0.05, 0.1) is 11.0 Å². The van der Waals surface area contributed by atoms with Crippen molar-refractivity contribution >= 4 is 64.1 Å². The van der Waals surface area contributed by atoms with E-state index in [1.54, 1.807) is 0 Å². The van der Waals surface area contributed by atoms with Gasteiger partial charge in [-0.3, -0.25) is 4.57 Å². The molecule has 5 heteroatoms. The second-order valence-electron chi connectivity index (χ2n) is 10.5. The summed E-state index contributed by atoms with van der Waals surface area (Å²) in [5.41, 5.74) is 4.09. The minimum absolute atomic E-state index is 0.609. The van der Waals surface area contributed by atoms with E-state index in [0.29, 0.717) is 17.6 Å². The molecule has 196 valence electrons. The average Bonchev–Trinajstić information content (AvgIpc) is 3.62. The van der Waals surface area contributed by atoms with Crippen LogP contribution in [0.5, 0.6) is 0 Å². The van der Waals surface area contributed by atoms with Crippen LogP contribution in [0.4, 0.5) is 0 Å². The summed E-state index contributed by atoms with van der Waals surface area (Å²) in [6, 6.07) is 46.6. The molecule has 0 fully saturated rings. The predicted molar refractivity (Wildman–Crippen MR) is 175 cm³/mol. The van der Waals surface area contributed by atoms with Crippen LogP contribution >= 0.6 is 11.3 Å². The van der Waals surface area contributed by atoms with E-state index in [1.165, 1.54) is 41.7 Å². The molecule has 6 aromatic carbocycles. The van der Waals surface area contributed by atoms with Gasteiger partial charge in [0, 0.05) is 52.8 Å². The average molecular weight is 555 g/mol. The summed E-state index contributed by atoms with van der Waals surface area (Å²) in [5, 5.41) is 7.38. The Morgan fingerprint density at radius 2 is 0.952 bits per heavy atom. The molecule has 42 heavy (non-hydrogen) atoms. The number of hydrogen-bond donors (Lipinski definition) is 0. The zero-order valence-electron chi connectivity index (χ0n) is 22.4. The predicted octanol–water partition coefficient (Wildman–Crippen LogP) is 9.82. The van der Waals surface area contributed by atoms with Crippen molar-refractivity contribution in [1.82, 2.24) is 19.5 Å². The van der Waals surface area contributed by atoms with Crippen molar-refractivity contribution in [2.45, 2.75) is 0 Å². The maximum absolute atomic E-state index is 5.12. The van der Waals surface area contributed by atoms with Crippen molar-refractivity contribution in [2.24, 2.45) is 0 Å². The lowest BCUT2D eigenvalue weighted by molar-refractivity contribution is 0.955. The number of para-hydroxylation sites is 1. The number of rotatable bonds is 3. The molecule has 0 spiro atoms. The minimum Gasteiger partial charge on any atom is -0.277 e. The standard InChI is InChI=1S/C37H22N4S/c1-3-11-23(12-4-1)35-38-36(24-13-5-2-6-14-24)40-37(39-35)41-31-17-9-7-15-25(31)27-19-22-30-28(33(27)41)20-21-29-26-16-8-10-18-32(26)42-34(29)30/h1-22H. The van der Waals surface area contributed by atoms with Gasteiger partial charge in [0.15, 0.2) is 11.6 Å². The highest BCUT2D eigenvalue weighted by Crippen LogP contribution is 2.42. The van der Waals surface area contributed by atoms with E-state index in [4.69, 9.17) is 15.0 Å². The third kappa shape index (κ3) is 3.44. The Labute approximate surface area is 245 Å². The summed E-state index contributed by atoms with van der Waals surface area (Å²) in [6.45, 7) is 0. The molecule has 0 bridgehead atoms. The molecule has 0 aliphatic rings. The van der Waals surface area contributed by atoms with Gasteiger partial charge in [-0.1, -0.05) is 121 Å². The monoisotopic (exact) mass is 554 g/mol. The summed E-state index contributed by atoms with van der Waals surface area (Å²) in [7, 11) is 0. The van der Waals surface area contributed by atoms with E-state index in [-0.39, 0.29) is 0 Å². The van der Waals surface area contributed by atoms with Crippen molar-refractivity contribution in [3.05, 3.63) is 133 Å². The number of nitrogens with zero attached hydrogens (tertiary/aromatic N) is 4. The highest BCUT2D eigenvalue weighted by Gasteiger charge is 2.20. The summed E-state index contributed by atoms with van der Waals surface area (Å²) in [6.07, 6.45) is 0. The Bertz CT molecular complexity index is 2400. The molecule has 3 heterocycles. The first-order valence-electron chi connectivity index (χ1n) is 14.0. The van der Waals surface area contributed by atoms with E-state index in [1.807, 2.05) is 72.0 Å². The molecule has 0 radical (unpaired) electrons. The SMILES string of the molecule is c1ccc(-c2nc(-c3ccccc3)nc(-n3c4ccccc4c4ccc5c(ccc6c7ccccc7sc65)c43)n2)cc1. The van der Waals surface area contributed by atoms with E-state index in [2.05, 4.69) is 77.4 Å². The van der Waals surface area contributed by atoms with Gasteiger partial charge in [-0.25, -0.2) is 4.98 Å². The van der Waals surface area contributed by atoms with Gasteiger partial charge in [0.2, 0.25) is 5.95 Å². The van der Waals surface area contributed by atoms with Crippen molar-refractivity contribution < 1.29 is 0 Å². The first-order chi connectivity index (χ1) is 20.8. The first-order valence-corrected chi connectivity index (χ1v) is 14.8. The maximum atomic E-state index is 5.12. The van der Waals surface area contributed by atoms with Gasteiger partial charge >= 0.3 is 0 Å². The van der Waals surface area contributed by atoms with Crippen LogP contribution in [0.25, 0.3) is 81.5 Å². The fourth-order valence-electron chi connectivity index (χ4n) is 6.15. The largest absolute Gasteiger partial charge is 0.277 e. The Morgan fingerprint density at radius 3 is 1.64 bits per heavy atom. The van der Waals surface area contributed by atoms with Crippen LogP contribution in [-0.4, -0.2) is 19.5 Å². The number of thiophene rings is 1. The number of benzene rings is 6. The van der Waals surface area contributed by atoms with Crippen LogP contribution in [0.15, 0.2) is 133 Å². The van der Waals surface area contributed by atoms with Crippen LogP contribution in [0.2, 0.25) is 0 Å². The van der Waals surface area contributed by atoms with E-state index in [9.17, 15) is 0 Å². The lowest BCUT2D eigenvalue weighted by Crippen LogP contribution is -2.06. The van der Waals surface area contributed by atoms with Crippen molar-refractivity contribution in [2.75, 3.05) is 0 Å². The van der Waals surface area contributed by atoms with Gasteiger partial charge in [0.25, 0.3) is 0 Å². The minimum atomic E-state index is 0.609. The normalized spacial score (nSPS) is 11.8. The van der Waals surface area contributed by atoms with Crippen LogP contribution in [0, 0.1) is 0 Å². The Morgan fingerprint density at radius 1 is 0.429 bits per heavy atom. The van der Waals surface area contributed by atoms with Crippen molar-refractivity contribution in [3.63, 3.8) is 0 Å². The molecule has 4 nitrogen and oxygen atoms in total. The molecular formula is C37H22N4S. The second kappa shape index (κ2) is 9.06. The molecule has 0 saturated carbocycles. The summed E-state index contributed by atoms with van der Waals surface area (Å²) in [5.74, 6) is 1.91. The van der Waals surface area contributed by atoms with Gasteiger partial charge in [0.1, 0.15) is 0 Å². The van der Waals surface area contributed by atoms with Gasteiger partial charge in [-0.05, 0) is 12.1 Å². The molecule has 0 unspecified atom stereocenters. The van der Waals surface area contributed by atoms with Crippen LogP contribution in [-0.2, 0) is 0 Å². The second-order valence-corrected chi connectivity index (χ2v) is 11.5. The Hall–Kier alpha value is -5.39. The lowest BCUT2D eigenvalue weighted by atomic mass is 10.0. The smallest absolute Gasteiger partial charge is 0.238 e. The molecular weight excluding hydrogens is 533 g/mol. The lowest BCUT2D eigenvalue weighted by Gasteiger charge is -2.12. The highest BCUT2D eigenvalue weighted by atomic mass is 32.1. The summed E-state index contributed by atoms with van der Waals surface area (Å²) in [4.78, 5) is 15.2. The Kier molecular flexibility index (Phi) is 5.03. The van der Waals surface area contributed by atoms with Crippen LogP contribution in [0.3, 0.4) is 0 Å². The molecule has 9 aromatic rings. The first kappa shape index (κ1) is 23.3. The molecule has 3 aromatic heterocycles. The number of fused-ring (bicyclic) bond motifs is 9. The highest BCUT2D eigenvalue weighted by molar-refractivity contribution is 7.26. The topological polar surface area (TPSA) is 43.6 Å².